The van der Waals surface area contributed by atoms with Crippen LogP contribution in [0.5, 0.6) is 11.5 Å². The second kappa shape index (κ2) is 8.50. The van der Waals surface area contributed by atoms with Gasteiger partial charge >= 0.3 is 6.03 Å². The van der Waals surface area contributed by atoms with Crippen LogP contribution in [0.3, 0.4) is 0 Å². The van der Waals surface area contributed by atoms with Crippen molar-refractivity contribution in [3.8, 4) is 11.5 Å². The second-order valence-electron chi connectivity index (χ2n) is 8.22. The van der Waals surface area contributed by atoms with Crippen molar-refractivity contribution in [2.24, 2.45) is 0 Å². The Kier molecular flexibility index (Phi) is 5.37. The maximum absolute atomic E-state index is 12.9. The molecule has 0 spiro atoms. The van der Waals surface area contributed by atoms with Gasteiger partial charge in [-0.2, -0.15) is 0 Å². The fraction of sp³-hybridized carbons (Fsp3) is 0.292. The number of H-pyrrole nitrogens is 1. The molecule has 0 aliphatic carbocycles. The molecule has 9 nitrogen and oxygen atoms in total. The van der Waals surface area contributed by atoms with Gasteiger partial charge in [-0.05, 0) is 29.3 Å². The molecule has 170 valence electrons. The van der Waals surface area contributed by atoms with E-state index in [1.807, 2.05) is 48.7 Å². The molecule has 2 N–H and O–H groups in total. The quantitative estimate of drug-likeness (QED) is 0.562. The third-order valence-corrected chi connectivity index (χ3v) is 5.95. The number of amides is 4. The summed E-state index contributed by atoms with van der Waals surface area (Å²) in [6, 6.07) is 12.0. The van der Waals surface area contributed by atoms with Crippen LogP contribution >= 0.6 is 0 Å². The first kappa shape index (κ1) is 20.9. The Morgan fingerprint density at radius 1 is 1.12 bits per heavy atom. The van der Waals surface area contributed by atoms with E-state index in [0.29, 0.717) is 37.7 Å². The Bertz CT molecular complexity index is 1240. The number of ether oxygens (including phenoxy) is 2. The number of carbonyl (C=O) groups is 3. The summed E-state index contributed by atoms with van der Waals surface area (Å²) < 4.78 is 11.1. The lowest BCUT2D eigenvalue weighted by atomic mass is 10.1. The molecule has 2 aliphatic rings. The molecule has 4 amide bonds. The fourth-order valence-electron chi connectivity index (χ4n) is 4.19. The predicted octanol–water partition coefficient (Wildman–Crippen LogP) is 2.06. The molecule has 0 bridgehead atoms. The van der Waals surface area contributed by atoms with Crippen LogP contribution in [0.2, 0.25) is 0 Å². The van der Waals surface area contributed by atoms with E-state index >= 15 is 0 Å². The number of imide groups is 1. The predicted molar refractivity (Wildman–Crippen MR) is 120 cm³/mol. The SMILES string of the molecule is CN(Cc1ccc2c(c1)OCCO2)C(=O)CN1C(=O)N[C@H](Cc2c[nH]c3ccccc23)C1=O. The molecular weight excluding hydrogens is 424 g/mol. The molecule has 0 radical (unpaired) electrons. The van der Waals surface area contributed by atoms with Crippen LogP contribution in [0, 0.1) is 0 Å². The van der Waals surface area contributed by atoms with Gasteiger partial charge in [0, 0.05) is 37.1 Å². The van der Waals surface area contributed by atoms with Gasteiger partial charge in [-0.1, -0.05) is 24.3 Å². The number of para-hydroxylation sites is 1. The molecule has 0 saturated carbocycles. The minimum absolute atomic E-state index is 0.309. The molecule has 1 fully saturated rings. The number of nitrogens with zero attached hydrogens (tertiary/aromatic N) is 2. The highest BCUT2D eigenvalue weighted by molar-refractivity contribution is 6.06. The van der Waals surface area contributed by atoms with Crippen molar-refractivity contribution in [3.05, 3.63) is 59.8 Å². The third kappa shape index (κ3) is 4.09. The molecule has 3 heterocycles. The van der Waals surface area contributed by atoms with Crippen molar-refractivity contribution >= 4 is 28.7 Å². The van der Waals surface area contributed by atoms with Crippen molar-refractivity contribution in [2.75, 3.05) is 26.8 Å². The lowest BCUT2D eigenvalue weighted by molar-refractivity contribution is -0.136. The monoisotopic (exact) mass is 448 g/mol. The molecule has 1 saturated heterocycles. The fourth-order valence-corrected chi connectivity index (χ4v) is 4.19. The van der Waals surface area contributed by atoms with Crippen molar-refractivity contribution in [1.82, 2.24) is 20.1 Å². The second-order valence-corrected chi connectivity index (χ2v) is 8.22. The van der Waals surface area contributed by atoms with Crippen LogP contribution < -0.4 is 14.8 Å². The number of aromatic nitrogens is 1. The highest BCUT2D eigenvalue weighted by Crippen LogP contribution is 2.31. The van der Waals surface area contributed by atoms with E-state index in [1.165, 1.54) is 4.90 Å². The summed E-state index contributed by atoms with van der Waals surface area (Å²) in [5.41, 5.74) is 2.77. The molecule has 2 aliphatic heterocycles. The van der Waals surface area contributed by atoms with Gasteiger partial charge in [0.2, 0.25) is 5.91 Å². The number of hydrogen-bond acceptors (Lipinski definition) is 5. The normalized spacial score (nSPS) is 17.4. The van der Waals surface area contributed by atoms with Crippen LogP contribution in [-0.2, 0) is 22.6 Å². The largest absolute Gasteiger partial charge is 0.486 e. The molecule has 5 rings (SSSR count). The summed E-state index contributed by atoms with van der Waals surface area (Å²) in [6.07, 6.45) is 2.20. The van der Waals surface area contributed by atoms with E-state index < -0.39 is 18.0 Å². The number of fused-ring (bicyclic) bond motifs is 2. The number of rotatable bonds is 6. The summed E-state index contributed by atoms with van der Waals surface area (Å²) >= 11 is 0. The zero-order valence-corrected chi connectivity index (χ0v) is 18.2. The molecule has 0 unspecified atom stereocenters. The number of likely N-dealkylation sites (N-methyl/N-ethyl adjacent to an activating group) is 1. The summed E-state index contributed by atoms with van der Waals surface area (Å²) in [5.74, 6) is 0.598. The number of aromatic amines is 1. The Labute approximate surface area is 190 Å². The lowest BCUT2D eigenvalue weighted by Gasteiger charge is -2.22. The topological polar surface area (TPSA) is 104 Å². The van der Waals surface area contributed by atoms with E-state index in [4.69, 9.17) is 9.47 Å². The van der Waals surface area contributed by atoms with Gasteiger partial charge in [0.15, 0.2) is 11.5 Å². The zero-order valence-electron chi connectivity index (χ0n) is 18.2. The lowest BCUT2D eigenvalue weighted by Crippen LogP contribution is -2.41. The van der Waals surface area contributed by atoms with Gasteiger partial charge in [-0.15, -0.1) is 0 Å². The average molecular weight is 448 g/mol. The number of carbonyl (C=O) groups excluding carboxylic acids is 3. The smallest absolute Gasteiger partial charge is 0.325 e. The molecule has 1 aromatic heterocycles. The molecule has 33 heavy (non-hydrogen) atoms. The van der Waals surface area contributed by atoms with Gasteiger partial charge in [0.05, 0.1) is 0 Å². The molecule has 3 aromatic rings. The highest BCUT2D eigenvalue weighted by atomic mass is 16.6. The minimum atomic E-state index is -0.701. The Morgan fingerprint density at radius 3 is 2.76 bits per heavy atom. The van der Waals surface area contributed by atoms with Crippen LogP contribution in [0.4, 0.5) is 4.79 Å². The Hall–Kier alpha value is -4.01. The van der Waals surface area contributed by atoms with Gasteiger partial charge in [0.25, 0.3) is 5.91 Å². The van der Waals surface area contributed by atoms with Gasteiger partial charge in [0.1, 0.15) is 25.8 Å². The first-order valence-corrected chi connectivity index (χ1v) is 10.8. The standard InChI is InChI=1S/C24H24N4O5/c1-27(13-15-6-7-20-21(10-15)33-9-8-32-20)22(29)14-28-23(30)19(26-24(28)31)11-16-12-25-18-5-3-2-4-17(16)18/h2-7,10,12,19,25H,8-9,11,13-14H2,1H3,(H,26,31)/t19-/m1/s1. The highest BCUT2D eigenvalue weighted by Gasteiger charge is 2.39. The van der Waals surface area contributed by atoms with Crippen LogP contribution in [0.1, 0.15) is 11.1 Å². The Morgan fingerprint density at radius 2 is 1.91 bits per heavy atom. The molecule has 9 heteroatoms. The van der Waals surface area contributed by atoms with Crippen LogP contribution in [0.25, 0.3) is 10.9 Å². The average Bonchev–Trinajstić information content (AvgIpc) is 3.35. The third-order valence-electron chi connectivity index (χ3n) is 5.95. The number of urea groups is 1. The van der Waals surface area contributed by atoms with E-state index in [1.54, 1.807) is 7.05 Å². The van der Waals surface area contributed by atoms with E-state index in [-0.39, 0.29) is 12.5 Å². The maximum Gasteiger partial charge on any atom is 0.325 e. The first-order valence-electron chi connectivity index (χ1n) is 10.8. The number of hydrogen-bond donors (Lipinski definition) is 2. The maximum atomic E-state index is 12.9. The minimum Gasteiger partial charge on any atom is -0.486 e. The molecule has 1 atom stereocenters. The van der Waals surface area contributed by atoms with E-state index in [0.717, 1.165) is 26.9 Å². The van der Waals surface area contributed by atoms with Crippen LogP contribution in [0.15, 0.2) is 48.7 Å². The molecular formula is C24H24N4O5. The van der Waals surface area contributed by atoms with Crippen molar-refractivity contribution < 1.29 is 23.9 Å². The summed E-state index contributed by atoms with van der Waals surface area (Å²) in [5, 5.41) is 3.71. The molecule has 2 aromatic carbocycles. The zero-order chi connectivity index (χ0) is 22.9. The Balaban J connectivity index is 1.22. The van der Waals surface area contributed by atoms with E-state index in [2.05, 4.69) is 10.3 Å². The summed E-state index contributed by atoms with van der Waals surface area (Å²) in [7, 11) is 1.64. The van der Waals surface area contributed by atoms with Crippen LogP contribution in [-0.4, -0.2) is 65.5 Å². The summed E-state index contributed by atoms with van der Waals surface area (Å²) in [6.45, 7) is 1.00. The van der Waals surface area contributed by atoms with Crippen molar-refractivity contribution in [3.63, 3.8) is 0 Å². The number of benzene rings is 2. The summed E-state index contributed by atoms with van der Waals surface area (Å²) in [4.78, 5) is 43.8. The van der Waals surface area contributed by atoms with Crippen molar-refractivity contribution in [1.29, 1.82) is 0 Å². The first-order chi connectivity index (χ1) is 16.0. The van der Waals surface area contributed by atoms with Crippen molar-refractivity contribution in [2.45, 2.75) is 19.0 Å². The van der Waals surface area contributed by atoms with Gasteiger partial charge in [-0.25, -0.2) is 4.79 Å². The van der Waals surface area contributed by atoms with Gasteiger partial charge in [-0.3, -0.25) is 14.5 Å². The van der Waals surface area contributed by atoms with Gasteiger partial charge < -0.3 is 24.7 Å². The number of nitrogens with one attached hydrogen (secondary N) is 2. The van der Waals surface area contributed by atoms with E-state index in [9.17, 15) is 14.4 Å².